The standard InChI is InChI=1S/C10H12N2S/c1-5-13-10-9(11-4)7(2)6-8(3)12-10/h6,12H,3,5H2,1-2H3. The first kappa shape index (κ1) is 9.94. The van der Waals surface area contributed by atoms with Crippen LogP contribution in [0.25, 0.3) is 4.85 Å². The van der Waals surface area contributed by atoms with E-state index in [2.05, 4.69) is 23.7 Å². The van der Waals surface area contributed by atoms with Gasteiger partial charge >= 0.3 is 0 Å². The lowest BCUT2D eigenvalue weighted by molar-refractivity contribution is 1.04. The van der Waals surface area contributed by atoms with Crippen LogP contribution < -0.4 is 5.32 Å². The summed E-state index contributed by atoms with van der Waals surface area (Å²) in [7, 11) is 0. The van der Waals surface area contributed by atoms with Crippen LogP contribution in [0.2, 0.25) is 0 Å². The van der Waals surface area contributed by atoms with Crippen molar-refractivity contribution in [2.75, 3.05) is 5.75 Å². The average Bonchev–Trinajstić information content (AvgIpc) is 2.04. The Labute approximate surface area is 83.2 Å². The molecule has 0 amide bonds. The maximum absolute atomic E-state index is 7.05. The maximum atomic E-state index is 7.05. The summed E-state index contributed by atoms with van der Waals surface area (Å²) in [6.07, 6.45) is 1.90. The van der Waals surface area contributed by atoms with Crippen molar-refractivity contribution in [1.29, 1.82) is 0 Å². The Morgan fingerprint density at radius 1 is 1.69 bits per heavy atom. The Kier molecular flexibility index (Phi) is 3.21. The van der Waals surface area contributed by atoms with Gasteiger partial charge in [-0.1, -0.05) is 13.5 Å². The van der Waals surface area contributed by atoms with E-state index in [-0.39, 0.29) is 0 Å². The molecule has 0 spiro atoms. The minimum absolute atomic E-state index is 0.722. The van der Waals surface area contributed by atoms with E-state index in [1.165, 1.54) is 0 Å². The smallest absolute Gasteiger partial charge is 0.219 e. The molecule has 0 aromatic heterocycles. The number of nitrogens with zero attached hydrogens (tertiary/aromatic N) is 1. The van der Waals surface area contributed by atoms with Crippen LogP contribution in [0.1, 0.15) is 13.8 Å². The van der Waals surface area contributed by atoms with Gasteiger partial charge in [-0.05, 0) is 24.3 Å². The Balaban J connectivity index is 3.03. The van der Waals surface area contributed by atoms with Gasteiger partial charge in [-0.25, -0.2) is 4.85 Å². The van der Waals surface area contributed by atoms with Gasteiger partial charge in [0.1, 0.15) is 0 Å². The molecule has 0 saturated heterocycles. The summed E-state index contributed by atoms with van der Waals surface area (Å²) < 4.78 is 0. The highest BCUT2D eigenvalue weighted by Crippen LogP contribution is 2.28. The lowest BCUT2D eigenvalue weighted by Crippen LogP contribution is -2.15. The van der Waals surface area contributed by atoms with E-state index in [1.54, 1.807) is 11.8 Å². The quantitative estimate of drug-likeness (QED) is 0.677. The van der Waals surface area contributed by atoms with Crippen LogP contribution >= 0.6 is 11.8 Å². The second-order valence-corrected chi connectivity index (χ2v) is 3.97. The summed E-state index contributed by atoms with van der Waals surface area (Å²) in [4.78, 5) is 3.50. The number of thioether (sulfide) groups is 1. The zero-order valence-electron chi connectivity index (χ0n) is 7.85. The molecule has 0 unspecified atom stereocenters. The second-order valence-electron chi connectivity index (χ2n) is 2.70. The first-order chi connectivity index (χ1) is 6.19. The van der Waals surface area contributed by atoms with Crippen LogP contribution in [0.3, 0.4) is 0 Å². The molecule has 1 rings (SSSR count). The number of rotatable bonds is 2. The third-order valence-electron chi connectivity index (χ3n) is 1.65. The van der Waals surface area contributed by atoms with E-state index in [9.17, 15) is 0 Å². The molecular formula is C10H12N2S. The van der Waals surface area contributed by atoms with Crippen molar-refractivity contribution in [1.82, 2.24) is 5.32 Å². The van der Waals surface area contributed by atoms with Crippen molar-refractivity contribution >= 4 is 11.8 Å². The number of hydrogen-bond acceptors (Lipinski definition) is 2. The SMILES string of the molecule is [C-]#[N+]C1=C(SCC)NC(=C)C=C1C. The molecule has 13 heavy (non-hydrogen) atoms. The molecule has 0 radical (unpaired) electrons. The number of allylic oxidation sites excluding steroid dienone is 2. The third kappa shape index (κ3) is 2.16. The molecule has 2 nitrogen and oxygen atoms in total. The zero-order chi connectivity index (χ0) is 9.84. The van der Waals surface area contributed by atoms with E-state index in [0.29, 0.717) is 0 Å². The lowest BCUT2D eigenvalue weighted by atomic mass is 10.1. The van der Waals surface area contributed by atoms with E-state index in [4.69, 9.17) is 6.57 Å². The number of nitrogens with one attached hydrogen (secondary N) is 1. The summed E-state index contributed by atoms with van der Waals surface area (Å²) in [5, 5.41) is 4.04. The van der Waals surface area contributed by atoms with Gasteiger partial charge in [-0.3, -0.25) is 0 Å². The van der Waals surface area contributed by atoms with Crippen molar-refractivity contribution < 1.29 is 0 Å². The molecule has 0 aromatic carbocycles. The van der Waals surface area contributed by atoms with E-state index in [1.807, 2.05) is 13.0 Å². The van der Waals surface area contributed by atoms with Gasteiger partial charge in [-0.2, -0.15) is 0 Å². The van der Waals surface area contributed by atoms with Crippen LogP contribution in [0, 0.1) is 6.57 Å². The molecule has 1 aliphatic heterocycles. The fourth-order valence-electron chi connectivity index (χ4n) is 1.14. The first-order valence-corrected chi connectivity index (χ1v) is 5.06. The topological polar surface area (TPSA) is 16.4 Å². The van der Waals surface area contributed by atoms with Gasteiger partial charge in [0.05, 0.1) is 11.6 Å². The van der Waals surface area contributed by atoms with Gasteiger partial charge in [0, 0.05) is 5.70 Å². The monoisotopic (exact) mass is 192 g/mol. The van der Waals surface area contributed by atoms with Crippen LogP contribution in [0.15, 0.2) is 34.7 Å². The predicted octanol–water partition coefficient (Wildman–Crippen LogP) is 2.89. The molecule has 0 fully saturated rings. The largest absolute Gasteiger partial charge is 0.360 e. The second kappa shape index (κ2) is 4.20. The highest BCUT2D eigenvalue weighted by atomic mass is 32.2. The molecule has 1 N–H and O–H groups in total. The zero-order valence-corrected chi connectivity index (χ0v) is 8.66. The average molecular weight is 192 g/mol. The van der Waals surface area contributed by atoms with Gasteiger partial charge in [0.2, 0.25) is 5.70 Å². The van der Waals surface area contributed by atoms with E-state index >= 15 is 0 Å². The van der Waals surface area contributed by atoms with Crippen molar-refractivity contribution in [3.63, 3.8) is 0 Å². The van der Waals surface area contributed by atoms with Crippen molar-refractivity contribution in [3.05, 3.63) is 46.1 Å². The molecule has 0 aliphatic carbocycles. The van der Waals surface area contributed by atoms with Crippen LogP contribution in [-0.2, 0) is 0 Å². The Morgan fingerprint density at radius 3 is 2.92 bits per heavy atom. The summed E-state index contributed by atoms with van der Waals surface area (Å²) in [6.45, 7) is 14.9. The van der Waals surface area contributed by atoms with E-state index < -0.39 is 0 Å². The highest BCUT2D eigenvalue weighted by Gasteiger charge is 2.14. The predicted molar refractivity (Wildman–Crippen MR) is 57.8 cm³/mol. The van der Waals surface area contributed by atoms with Gasteiger partial charge in [0.25, 0.3) is 0 Å². The Morgan fingerprint density at radius 2 is 2.38 bits per heavy atom. The molecule has 68 valence electrons. The number of hydrogen-bond donors (Lipinski definition) is 1. The van der Waals surface area contributed by atoms with Crippen LogP contribution in [-0.4, -0.2) is 5.75 Å². The number of dihydropyridines is 1. The Hall–Kier alpha value is -1.14. The molecule has 3 heteroatoms. The first-order valence-electron chi connectivity index (χ1n) is 4.08. The summed E-state index contributed by atoms with van der Waals surface area (Å²) in [5.74, 6) is 0.960. The summed E-state index contributed by atoms with van der Waals surface area (Å²) in [6, 6.07) is 0. The normalized spacial score (nSPS) is 16.4. The Bertz CT molecular complexity index is 331. The van der Waals surface area contributed by atoms with Crippen LogP contribution in [0.4, 0.5) is 0 Å². The van der Waals surface area contributed by atoms with Crippen molar-refractivity contribution in [2.24, 2.45) is 0 Å². The fourth-order valence-corrected chi connectivity index (χ4v) is 1.97. The third-order valence-corrected chi connectivity index (χ3v) is 2.53. The molecular weight excluding hydrogens is 180 g/mol. The molecule has 1 heterocycles. The van der Waals surface area contributed by atoms with Crippen molar-refractivity contribution in [3.8, 4) is 0 Å². The lowest BCUT2D eigenvalue weighted by Gasteiger charge is -2.18. The summed E-state index contributed by atoms with van der Waals surface area (Å²) in [5.41, 5.74) is 2.58. The molecule has 0 saturated carbocycles. The minimum atomic E-state index is 0.722. The molecule has 0 atom stereocenters. The van der Waals surface area contributed by atoms with Gasteiger partial charge in [-0.15, -0.1) is 11.8 Å². The van der Waals surface area contributed by atoms with Crippen LogP contribution in [0.5, 0.6) is 0 Å². The molecule has 1 aliphatic rings. The molecule has 0 aromatic rings. The summed E-state index contributed by atoms with van der Waals surface area (Å²) >= 11 is 1.65. The molecule has 0 bridgehead atoms. The maximum Gasteiger partial charge on any atom is 0.219 e. The van der Waals surface area contributed by atoms with Gasteiger partial charge < -0.3 is 5.32 Å². The fraction of sp³-hybridized carbons (Fsp3) is 0.300. The van der Waals surface area contributed by atoms with Crippen molar-refractivity contribution in [2.45, 2.75) is 13.8 Å². The highest BCUT2D eigenvalue weighted by molar-refractivity contribution is 8.03. The van der Waals surface area contributed by atoms with Gasteiger partial charge in [0.15, 0.2) is 0 Å². The minimum Gasteiger partial charge on any atom is -0.360 e. The van der Waals surface area contributed by atoms with E-state index in [0.717, 1.165) is 27.7 Å².